The van der Waals surface area contributed by atoms with E-state index >= 15 is 0 Å². The van der Waals surface area contributed by atoms with Crippen molar-refractivity contribution in [2.45, 2.75) is 273 Å². The minimum absolute atomic E-state index is 0.231. The van der Waals surface area contributed by atoms with Gasteiger partial charge in [-0.25, -0.2) is 28.8 Å². The van der Waals surface area contributed by atoms with E-state index in [0.29, 0.717) is 103 Å². The summed E-state index contributed by atoms with van der Waals surface area (Å²) in [4.78, 5) is 83.0. The Morgan fingerprint density at radius 2 is 0.262 bits per heavy atom. The molecular formula is C114H120O12. The molecule has 0 amide bonds. The molecule has 7 aromatic rings. The first-order valence-corrected chi connectivity index (χ1v) is 45.8. The van der Waals surface area contributed by atoms with Gasteiger partial charge in [-0.1, -0.05) is 307 Å². The quantitative estimate of drug-likeness (QED) is 0.0202. The molecule has 0 heterocycles. The molecule has 648 valence electrons. The van der Waals surface area contributed by atoms with Crippen LogP contribution in [0.15, 0.2) is 109 Å². The van der Waals surface area contributed by atoms with Crippen LogP contribution in [0.2, 0.25) is 0 Å². The molecule has 0 radical (unpaired) electrons. The summed E-state index contributed by atoms with van der Waals surface area (Å²) in [6.07, 6.45) is 36.5. The molecule has 0 atom stereocenters. The van der Waals surface area contributed by atoms with Gasteiger partial charge in [-0.3, -0.25) is 0 Å². The highest BCUT2D eigenvalue weighted by Crippen LogP contribution is 2.21. The number of esters is 6. The van der Waals surface area contributed by atoms with Crippen LogP contribution in [0, 0.1) is 146 Å². The van der Waals surface area contributed by atoms with Crippen molar-refractivity contribution in [2.24, 2.45) is 0 Å². The standard InChI is InChI=1S/C114H120O12/c1-7-13-19-25-31-49-67-121-109(115)103-79-91-55-37-39-57-93-74-95(83-104(81-93)110(116)122-68-50-32-26-20-14-8-2)59-41-43-61-97-76-99(87-106(85-97)112(118)124-70-52-34-28-22-16-10-4)63-45-47-65-101-78-102(90-108(89-101)114(120)126-72-54-36-30-24-18-12-6)66-48-46-64-100-77-98(86-107(88-100)113(119)125-71-53-35-29-23-17-11-5)62-44-42-60-96-75-94(58-40-38-56-92(73-91)80-103)82-105(84-96)111(117)123-69-51-33-27-21-15-9-3/h73-90H,7-36,49-54,67-72H2,1-6H3. The van der Waals surface area contributed by atoms with Crippen molar-refractivity contribution in [1.82, 2.24) is 0 Å². The zero-order chi connectivity index (χ0) is 89.5. The minimum Gasteiger partial charge on any atom is -0.462 e. The largest absolute Gasteiger partial charge is 0.462 e. The van der Waals surface area contributed by atoms with Crippen LogP contribution < -0.4 is 0 Å². The normalized spacial score (nSPS) is 9.95. The lowest BCUT2D eigenvalue weighted by Gasteiger charge is -2.05. The Hall–Kier alpha value is -13.1. The van der Waals surface area contributed by atoms with Crippen molar-refractivity contribution in [1.29, 1.82) is 0 Å². The molecule has 0 aliphatic rings. The van der Waals surface area contributed by atoms with Crippen molar-refractivity contribution in [3.8, 4) is 0 Å². The monoisotopic (exact) mass is 1680 g/mol. The third kappa shape index (κ3) is 41.8. The summed E-state index contributed by atoms with van der Waals surface area (Å²) >= 11 is 0. The van der Waals surface area contributed by atoms with Crippen molar-refractivity contribution >= 4 is 100 Å². The van der Waals surface area contributed by atoms with Gasteiger partial charge in [0.2, 0.25) is 0 Å². The summed E-state index contributed by atoms with van der Waals surface area (Å²) in [5, 5.41) is 5.03. The van der Waals surface area contributed by atoms with Crippen LogP contribution >= 0.6 is 0 Å². The number of rotatable bonds is 48. The molecule has 0 N–H and O–H groups in total. The summed E-state index contributed by atoms with van der Waals surface area (Å²) < 4.78 is 34.8. The predicted molar refractivity (Wildman–Crippen MR) is 498 cm³/mol. The highest BCUT2D eigenvalue weighted by molar-refractivity contribution is 5.97. The third-order valence-electron chi connectivity index (χ3n) is 20.3. The molecule has 12 heteroatoms. The molecule has 0 saturated carbocycles. The number of carbonyl (C=O) groups excluding carboxylic acids is 6. The molecule has 126 heavy (non-hydrogen) atoms. The van der Waals surface area contributed by atoms with E-state index in [1.807, 2.05) is 0 Å². The number of unbranched alkanes of at least 4 members (excludes halogenated alkanes) is 30. The van der Waals surface area contributed by atoms with Gasteiger partial charge in [0, 0.05) is 64.6 Å². The summed E-state index contributed by atoms with van der Waals surface area (Å²) in [6, 6.07) is 102. The predicted octanol–water partition coefficient (Wildman–Crippen LogP) is 27.3. The highest BCUT2D eigenvalue weighted by atomic mass is 16.6. The maximum atomic E-state index is 13.8. The topological polar surface area (TPSA) is 158 Å². The number of hydrogen-bond acceptors (Lipinski definition) is 12. The molecule has 7 aromatic carbocycles. The number of hydrogen-bond donors (Lipinski definition) is 0. The molecule has 0 saturated heterocycles. The Morgan fingerprint density at radius 3 is 0.373 bits per heavy atom. The fraction of sp³-hybridized carbons (Fsp3) is 0.421. The number of ether oxygens (including phenoxy) is 6. The average Bonchev–Trinajstić information content (AvgIpc) is 0.865. The molecule has 0 fully saturated rings. The second-order valence-electron chi connectivity index (χ2n) is 31.2. The summed E-state index contributed by atoms with van der Waals surface area (Å²) in [7, 11) is 0. The molecule has 12 nitrogen and oxygen atoms in total. The van der Waals surface area contributed by atoms with E-state index in [4.69, 9.17) is 28.4 Å². The van der Waals surface area contributed by atoms with Crippen molar-refractivity contribution < 1.29 is 57.2 Å². The molecule has 0 aliphatic heterocycles. The van der Waals surface area contributed by atoms with Gasteiger partial charge in [0.15, 0.2) is 0 Å². The maximum Gasteiger partial charge on any atom is 0.338 e. The highest BCUT2D eigenvalue weighted by Gasteiger charge is 2.14. The first-order chi connectivity index (χ1) is 61.8. The Bertz CT molecular complexity index is 4060. The van der Waals surface area contributed by atoms with Crippen molar-refractivity contribution in [3.05, 3.63) is 288 Å². The lowest BCUT2D eigenvalue weighted by Crippen LogP contribution is -2.06. The average molecular weight is 1680 g/mol. The van der Waals surface area contributed by atoms with Crippen molar-refractivity contribution in [2.75, 3.05) is 39.6 Å². The zero-order valence-electron chi connectivity index (χ0n) is 75.0. The van der Waals surface area contributed by atoms with Gasteiger partial charge in [-0.15, -0.1) is 0 Å². The zero-order valence-corrected chi connectivity index (χ0v) is 75.0. The molecule has 0 spiro atoms. The fourth-order valence-electron chi connectivity index (χ4n) is 13.4. The summed E-state index contributed by atoms with van der Waals surface area (Å²) in [5.41, 5.74) is 1.38. The maximum absolute atomic E-state index is 13.8. The van der Waals surface area contributed by atoms with E-state index in [9.17, 15) is 28.8 Å². The summed E-state index contributed by atoms with van der Waals surface area (Å²) in [6.45, 7) is 14.5. The van der Waals surface area contributed by atoms with E-state index in [1.165, 1.54) is 0 Å². The van der Waals surface area contributed by atoms with Gasteiger partial charge in [0.05, 0.1) is 73.0 Å². The number of fused-ring (bicyclic) bond motifs is 12. The van der Waals surface area contributed by atoms with Crippen molar-refractivity contribution in [3.63, 3.8) is 0 Å². The third-order valence-corrected chi connectivity index (χ3v) is 20.3. The molecule has 12 bridgehead atoms. The van der Waals surface area contributed by atoms with Gasteiger partial charge >= 0.3 is 35.8 Å². The molecule has 0 aliphatic carbocycles. The van der Waals surface area contributed by atoms with Crippen LogP contribution in [-0.4, -0.2) is 75.5 Å². The number of benzene rings is 6. The van der Waals surface area contributed by atoms with E-state index < -0.39 is 35.8 Å². The van der Waals surface area contributed by atoms with Crippen LogP contribution in [0.25, 0.3) is 64.6 Å². The van der Waals surface area contributed by atoms with Crippen LogP contribution in [0.1, 0.15) is 335 Å². The molecular weight excluding hydrogens is 1560 g/mol. The Balaban J connectivity index is 1.45. The second-order valence-corrected chi connectivity index (χ2v) is 31.2. The van der Waals surface area contributed by atoms with Crippen LogP contribution in [0.4, 0.5) is 0 Å². The SMILES string of the molecule is CCCCCCCCOC(=O)c1cc2c#cc#cc3cc(C(=O)OCCCCCCCC)cc(c#cc#cc4cc(C(=O)OCCCCCCCC)cc(c#cc#cc5cc(C(=O)OCCCCCCCC)cc(c#cc#cc6cc(C(=O)OCCCCCCCC)cc(c#cc#cc7cc(C(=O)OCCCCCCCC)cc(c#cc#cc(c1)c2)c7)c6)c5)c4)c3. The van der Waals surface area contributed by atoms with Gasteiger partial charge < -0.3 is 28.4 Å². The van der Waals surface area contributed by atoms with Gasteiger partial charge in [-0.05, 0) is 221 Å². The minimum atomic E-state index is -0.539. The first kappa shape index (κ1) is 100.0. The first-order valence-electron chi connectivity index (χ1n) is 45.8. The second kappa shape index (κ2) is 62.0. The van der Waals surface area contributed by atoms with E-state index in [1.54, 1.807) is 109 Å². The molecule has 0 unspecified atom stereocenters. The Morgan fingerprint density at radius 1 is 0.159 bits per heavy atom. The molecule has 0 aromatic heterocycles. The van der Waals surface area contributed by atoms with E-state index in [2.05, 4.69) is 187 Å². The number of carbonyl (C=O) groups is 6. The van der Waals surface area contributed by atoms with Gasteiger partial charge in [-0.2, -0.15) is 0 Å². The lowest BCUT2D eigenvalue weighted by molar-refractivity contribution is 0.0488. The van der Waals surface area contributed by atoms with Gasteiger partial charge in [0.25, 0.3) is 0 Å². The van der Waals surface area contributed by atoms with Gasteiger partial charge in [0.1, 0.15) is 0 Å². The summed E-state index contributed by atoms with van der Waals surface area (Å²) in [5.74, 6) is -3.24. The Kier molecular flexibility index (Phi) is 49.2. The van der Waals surface area contributed by atoms with Crippen LogP contribution in [0.5, 0.6) is 0 Å². The van der Waals surface area contributed by atoms with Crippen LogP contribution in [-0.2, 0) is 28.4 Å². The fourth-order valence-corrected chi connectivity index (χ4v) is 13.4. The van der Waals surface area contributed by atoms with E-state index in [-0.39, 0.29) is 73.0 Å². The van der Waals surface area contributed by atoms with Crippen LogP contribution in [0.3, 0.4) is 0 Å². The smallest absolute Gasteiger partial charge is 0.338 e. The Labute approximate surface area is 753 Å². The lowest BCUT2D eigenvalue weighted by atomic mass is 10.1. The van der Waals surface area contributed by atoms with E-state index in [0.717, 1.165) is 193 Å². The molecule has 7 rings (SSSR count).